The van der Waals surface area contributed by atoms with Crippen molar-refractivity contribution in [3.63, 3.8) is 0 Å². The molecule has 0 fully saturated rings. The van der Waals surface area contributed by atoms with Crippen LogP contribution in [0, 0.1) is 0 Å². The minimum atomic E-state index is -1.05. The fraction of sp³-hybridized carbons (Fsp3) is 0.385. The van der Waals surface area contributed by atoms with Crippen molar-refractivity contribution >= 4 is 17.6 Å². The molecule has 3 N–H and O–H groups in total. The summed E-state index contributed by atoms with van der Waals surface area (Å²) in [5, 5.41) is 14.6. The molecule has 1 amide bonds. The van der Waals surface area contributed by atoms with Crippen LogP contribution in [-0.2, 0) is 4.79 Å². The Balaban J connectivity index is 2.77. The molecule has 1 aromatic rings. The first-order chi connectivity index (χ1) is 9.08. The Bertz CT molecular complexity index is 460. The van der Waals surface area contributed by atoms with Gasteiger partial charge >= 0.3 is 5.97 Å². The van der Waals surface area contributed by atoms with E-state index in [4.69, 9.17) is 9.84 Å². The highest BCUT2D eigenvalue weighted by Crippen LogP contribution is 2.25. The third-order valence-electron chi connectivity index (χ3n) is 2.50. The van der Waals surface area contributed by atoms with Gasteiger partial charge in [-0.15, -0.1) is 0 Å². The fourth-order valence-corrected chi connectivity index (χ4v) is 1.53. The minimum Gasteiger partial charge on any atom is -0.495 e. The van der Waals surface area contributed by atoms with E-state index in [1.54, 1.807) is 0 Å². The Hall–Kier alpha value is -2.08. The Morgan fingerprint density at radius 2 is 2.11 bits per heavy atom. The number of amides is 1. The second-order valence-corrected chi connectivity index (χ2v) is 3.87. The average molecular weight is 266 g/mol. The smallest absolute Gasteiger partial charge is 0.335 e. The van der Waals surface area contributed by atoms with Gasteiger partial charge in [0.1, 0.15) is 5.75 Å². The number of ether oxygens (including phenoxy) is 1. The van der Waals surface area contributed by atoms with Gasteiger partial charge in [0.25, 0.3) is 0 Å². The van der Waals surface area contributed by atoms with Gasteiger partial charge in [0.2, 0.25) is 5.91 Å². The first-order valence-electron chi connectivity index (χ1n) is 6.00. The van der Waals surface area contributed by atoms with Gasteiger partial charge in [0.15, 0.2) is 0 Å². The highest BCUT2D eigenvalue weighted by atomic mass is 16.5. The molecule has 104 valence electrons. The van der Waals surface area contributed by atoms with Gasteiger partial charge in [-0.25, -0.2) is 4.79 Å². The van der Waals surface area contributed by atoms with Crippen molar-refractivity contribution < 1.29 is 19.4 Å². The predicted molar refractivity (Wildman–Crippen MR) is 71.7 cm³/mol. The number of nitrogens with one attached hydrogen (secondary N) is 2. The fourth-order valence-electron chi connectivity index (χ4n) is 1.53. The molecule has 19 heavy (non-hydrogen) atoms. The van der Waals surface area contributed by atoms with E-state index in [-0.39, 0.29) is 11.5 Å². The van der Waals surface area contributed by atoms with Crippen LogP contribution in [0.15, 0.2) is 18.2 Å². The van der Waals surface area contributed by atoms with E-state index in [0.29, 0.717) is 24.4 Å². The number of carboxylic acid groups (broad SMARTS) is 1. The lowest BCUT2D eigenvalue weighted by Gasteiger charge is -2.11. The third-order valence-corrected chi connectivity index (χ3v) is 2.50. The molecular weight excluding hydrogens is 248 g/mol. The van der Waals surface area contributed by atoms with Crippen LogP contribution in [0.25, 0.3) is 0 Å². The lowest BCUT2D eigenvalue weighted by molar-refractivity contribution is -0.116. The van der Waals surface area contributed by atoms with Gasteiger partial charge in [-0.05, 0) is 24.7 Å². The van der Waals surface area contributed by atoms with Gasteiger partial charge < -0.3 is 20.5 Å². The molecule has 1 aromatic carbocycles. The van der Waals surface area contributed by atoms with Crippen molar-refractivity contribution in [3.8, 4) is 5.75 Å². The summed E-state index contributed by atoms with van der Waals surface area (Å²) >= 11 is 0. The summed E-state index contributed by atoms with van der Waals surface area (Å²) < 4.78 is 5.08. The molecule has 6 nitrogen and oxygen atoms in total. The number of anilines is 1. The normalized spacial score (nSPS) is 10.0. The van der Waals surface area contributed by atoms with E-state index < -0.39 is 5.97 Å². The molecule has 0 aliphatic carbocycles. The lowest BCUT2D eigenvalue weighted by atomic mass is 10.2. The quantitative estimate of drug-likeness (QED) is 0.648. The summed E-state index contributed by atoms with van der Waals surface area (Å²) in [5.74, 6) is -0.811. The Kier molecular flexibility index (Phi) is 5.81. The number of carbonyl (C=O) groups excluding carboxylic acids is 1. The number of hydrogen-bond acceptors (Lipinski definition) is 4. The van der Waals surface area contributed by atoms with Crippen molar-refractivity contribution in [1.29, 1.82) is 0 Å². The average Bonchev–Trinajstić information content (AvgIpc) is 2.38. The van der Waals surface area contributed by atoms with Gasteiger partial charge in [0, 0.05) is 13.0 Å². The molecular formula is C13H18N2O4. The SMILES string of the molecule is CCNCCC(=O)Nc1cc(C(=O)O)ccc1OC. The van der Waals surface area contributed by atoms with Crippen LogP contribution >= 0.6 is 0 Å². The van der Waals surface area contributed by atoms with Crippen LogP contribution < -0.4 is 15.4 Å². The molecule has 0 aromatic heterocycles. The van der Waals surface area contributed by atoms with Crippen LogP contribution in [0.2, 0.25) is 0 Å². The van der Waals surface area contributed by atoms with Crippen LogP contribution in [0.5, 0.6) is 5.75 Å². The number of rotatable bonds is 7. The molecule has 0 radical (unpaired) electrons. The molecule has 0 spiro atoms. The highest BCUT2D eigenvalue weighted by Gasteiger charge is 2.11. The molecule has 0 atom stereocenters. The van der Waals surface area contributed by atoms with Gasteiger partial charge in [-0.2, -0.15) is 0 Å². The summed E-state index contributed by atoms with van der Waals surface area (Å²) in [4.78, 5) is 22.6. The summed E-state index contributed by atoms with van der Waals surface area (Å²) in [5.41, 5.74) is 0.465. The number of carbonyl (C=O) groups is 2. The van der Waals surface area contributed by atoms with Crippen molar-refractivity contribution in [1.82, 2.24) is 5.32 Å². The molecule has 0 bridgehead atoms. The number of carboxylic acids is 1. The van der Waals surface area contributed by atoms with Crippen molar-refractivity contribution in [2.24, 2.45) is 0 Å². The summed E-state index contributed by atoms with van der Waals surface area (Å²) in [7, 11) is 1.46. The second-order valence-electron chi connectivity index (χ2n) is 3.87. The van der Waals surface area contributed by atoms with E-state index in [1.807, 2.05) is 6.92 Å². The van der Waals surface area contributed by atoms with Crippen LogP contribution in [0.4, 0.5) is 5.69 Å². The zero-order valence-corrected chi connectivity index (χ0v) is 11.0. The number of benzene rings is 1. The molecule has 0 saturated heterocycles. The van der Waals surface area contributed by atoms with E-state index in [2.05, 4.69) is 10.6 Å². The molecule has 6 heteroatoms. The summed E-state index contributed by atoms with van der Waals surface area (Å²) in [6, 6.07) is 4.32. The largest absolute Gasteiger partial charge is 0.495 e. The lowest BCUT2D eigenvalue weighted by Crippen LogP contribution is -2.21. The number of hydrogen-bond donors (Lipinski definition) is 3. The second kappa shape index (κ2) is 7.38. The maximum absolute atomic E-state index is 11.7. The molecule has 0 aliphatic heterocycles. The first kappa shape index (κ1) is 15.0. The standard InChI is InChI=1S/C13H18N2O4/c1-3-14-7-6-12(16)15-10-8-9(13(17)18)4-5-11(10)19-2/h4-5,8,14H,3,6-7H2,1-2H3,(H,15,16)(H,17,18). The number of aromatic carboxylic acids is 1. The Morgan fingerprint density at radius 3 is 2.68 bits per heavy atom. The van der Waals surface area contributed by atoms with E-state index in [1.165, 1.54) is 25.3 Å². The molecule has 1 rings (SSSR count). The topological polar surface area (TPSA) is 87.7 Å². The highest BCUT2D eigenvalue weighted by molar-refractivity contribution is 5.95. The summed E-state index contributed by atoms with van der Waals surface area (Å²) in [6.45, 7) is 3.33. The van der Waals surface area contributed by atoms with Gasteiger partial charge in [-0.1, -0.05) is 6.92 Å². The zero-order chi connectivity index (χ0) is 14.3. The van der Waals surface area contributed by atoms with Crippen LogP contribution in [-0.4, -0.2) is 37.2 Å². The van der Waals surface area contributed by atoms with Crippen LogP contribution in [0.1, 0.15) is 23.7 Å². The molecule has 0 aliphatic rings. The van der Waals surface area contributed by atoms with Gasteiger partial charge in [-0.3, -0.25) is 4.79 Å². The molecule has 0 saturated carbocycles. The maximum atomic E-state index is 11.7. The van der Waals surface area contributed by atoms with E-state index in [9.17, 15) is 9.59 Å². The minimum absolute atomic E-state index is 0.0998. The first-order valence-corrected chi connectivity index (χ1v) is 6.00. The van der Waals surface area contributed by atoms with Crippen molar-refractivity contribution in [3.05, 3.63) is 23.8 Å². The summed E-state index contributed by atoms with van der Waals surface area (Å²) in [6.07, 6.45) is 0.314. The van der Waals surface area contributed by atoms with Crippen LogP contribution in [0.3, 0.4) is 0 Å². The van der Waals surface area contributed by atoms with Gasteiger partial charge in [0.05, 0.1) is 18.4 Å². The molecule has 0 unspecified atom stereocenters. The van der Waals surface area contributed by atoms with E-state index in [0.717, 1.165) is 6.54 Å². The van der Waals surface area contributed by atoms with Crippen molar-refractivity contribution in [2.75, 3.05) is 25.5 Å². The third kappa shape index (κ3) is 4.59. The monoisotopic (exact) mass is 266 g/mol. The Morgan fingerprint density at radius 1 is 1.37 bits per heavy atom. The maximum Gasteiger partial charge on any atom is 0.335 e. The number of methoxy groups -OCH3 is 1. The molecule has 0 heterocycles. The van der Waals surface area contributed by atoms with E-state index >= 15 is 0 Å². The predicted octanol–water partition coefficient (Wildman–Crippen LogP) is 1.33. The Labute approximate surface area is 111 Å². The zero-order valence-electron chi connectivity index (χ0n) is 11.0. The van der Waals surface area contributed by atoms with Crippen molar-refractivity contribution in [2.45, 2.75) is 13.3 Å².